The molecule has 2 heteroatoms. The predicted molar refractivity (Wildman–Crippen MR) is 44.3 cm³/mol. The summed E-state index contributed by atoms with van der Waals surface area (Å²) in [5.41, 5.74) is 0. The maximum atomic E-state index is 11.0. The number of rotatable bonds is 4. The molecule has 0 N–H and O–H groups in total. The molecule has 0 rings (SSSR count). The van der Waals surface area contributed by atoms with Crippen molar-refractivity contribution >= 4 is 11.6 Å². The average molecular weight is 157 g/mol. The fraction of sp³-hybridized carbons (Fsp3) is 0.778. The molecule has 0 atom stereocenters. The van der Waals surface area contributed by atoms with E-state index in [4.69, 9.17) is 1.37 Å². The first-order valence-electron chi connectivity index (χ1n) is 4.32. The number of ketones is 2. The zero-order valence-corrected chi connectivity index (χ0v) is 7.60. The van der Waals surface area contributed by atoms with Crippen molar-refractivity contribution in [1.82, 2.24) is 0 Å². The number of carbonyl (C=O) groups is 2. The lowest BCUT2D eigenvalue weighted by Gasteiger charge is -2.11. The van der Waals surface area contributed by atoms with Gasteiger partial charge in [-0.15, -0.1) is 0 Å². The molecule has 0 unspecified atom stereocenters. The molecule has 0 aromatic rings. The summed E-state index contributed by atoms with van der Waals surface area (Å²) in [5, 5.41) is 0. The number of hydrogen-bond acceptors (Lipinski definition) is 2. The van der Waals surface area contributed by atoms with E-state index < -0.39 is 5.89 Å². The molecule has 0 radical (unpaired) electrons. The van der Waals surface area contributed by atoms with Crippen LogP contribution in [0.1, 0.15) is 35.5 Å². The molecule has 0 aromatic heterocycles. The summed E-state index contributed by atoms with van der Waals surface area (Å²) in [6, 6.07) is 0. The van der Waals surface area contributed by atoms with E-state index in [1.807, 2.05) is 13.8 Å². The SMILES string of the molecule is [2H]C(CC(C)C)(C(C)=O)C(C)=O. The first-order valence-corrected chi connectivity index (χ1v) is 3.82. The molecule has 0 aliphatic carbocycles. The highest BCUT2D eigenvalue weighted by Crippen LogP contribution is 2.13. The van der Waals surface area contributed by atoms with Crippen molar-refractivity contribution in [3.8, 4) is 0 Å². The second kappa shape index (κ2) is 4.27. The van der Waals surface area contributed by atoms with Crippen LogP contribution in [0.3, 0.4) is 0 Å². The minimum atomic E-state index is -1.51. The lowest BCUT2D eigenvalue weighted by molar-refractivity contribution is -0.130. The molecular weight excluding hydrogens is 140 g/mol. The van der Waals surface area contributed by atoms with Gasteiger partial charge in [-0.05, 0) is 26.2 Å². The third-order valence-electron chi connectivity index (χ3n) is 1.46. The van der Waals surface area contributed by atoms with E-state index in [-0.39, 0.29) is 17.5 Å². The van der Waals surface area contributed by atoms with E-state index in [1.165, 1.54) is 13.8 Å². The van der Waals surface area contributed by atoms with Crippen molar-refractivity contribution in [2.75, 3.05) is 0 Å². The molecule has 0 spiro atoms. The highest BCUT2D eigenvalue weighted by atomic mass is 16.1. The van der Waals surface area contributed by atoms with E-state index in [0.717, 1.165) is 0 Å². The molecule has 0 aromatic carbocycles. The Morgan fingerprint density at radius 2 is 1.64 bits per heavy atom. The van der Waals surface area contributed by atoms with Crippen molar-refractivity contribution in [2.24, 2.45) is 11.8 Å². The molecule has 0 heterocycles. The van der Waals surface area contributed by atoms with Crippen LogP contribution in [-0.2, 0) is 9.59 Å². The van der Waals surface area contributed by atoms with Gasteiger partial charge in [0.25, 0.3) is 0 Å². The third-order valence-corrected chi connectivity index (χ3v) is 1.46. The van der Waals surface area contributed by atoms with Gasteiger partial charge in [-0.2, -0.15) is 0 Å². The zero-order valence-electron chi connectivity index (χ0n) is 8.60. The van der Waals surface area contributed by atoms with E-state index in [9.17, 15) is 9.59 Å². The Labute approximate surface area is 69.4 Å². The minimum Gasteiger partial charge on any atom is -0.299 e. The Kier molecular flexibility index (Phi) is 3.27. The van der Waals surface area contributed by atoms with Gasteiger partial charge in [0.05, 0.1) is 5.89 Å². The highest BCUT2D eigenvalue weighted by Gasteiger charge is 2.19. The Bertz CT molecular complexity index is 183. The fourth-order valence-electron chi connectivity index (χ4n) is 0.944. The maximum absolute atomic E-state index is 11.0. The monoisotopic (exact) mass is 157 g/mol. The van der Waals surface area contributed by atoms with Crippen LogP contribution < -0.4 is 0 Å². The molecule has 0 bridgehead atoms. The molecule has 11 heavy (non-hydrogen) atoms. The van der Waals surface area contributed by atoms with Gasteiger partial charge in [-0.1, -0.05) is 13.8 Å². The van der Waals surface area contributed by atoms with Gasteiger partial charge < -0.3 is 0 Å². The van der Waals surface area contributed by atoms with Gasteiger partial charge in [0.1, 0.15) is 11.6 Å². The number of hydrogen-bond donors (Lipinski definition) is 0. The van der Waals surface area contributed by atoms with E-state index in [1.54, 1.807) is 0 Å². The molecular formula is C9H16O2. The largest absolute Gasteiger partial charge is 0.299 e. The Balaban J connectivity index is 4.63. The fourth-order valence-corrected chi connectivity index (χ4v) is 0.944. The van der Waals surface area contributed by atoms with E-state index >= 15 is 0 Å². The van der Waals surface area contributed by atoms with Crippen molar-refractivity contribution in [3.05, 3.63) is 0 Å². The summed E-state index contributed by atoms with van der Waals surface area (Å²) in [7, 11) is 0. The first-order chi connectivity index (χ1) is 5.30. The standard InChI is InChI=1S/C9H16O2/c1-6(2)5-9(7(3)10)8(4)11/h6,9H,5H2,1-4H3/i9D. The normalized spacial score (nSPS) is 13.0. The first kappa shape index (κ1) is 8.44. The van der Waals surface area contributed by atoms with Crippen LogP contribution in [0, 0.1) is 11.8 Å². The summed E-state index contributed by atoms with van der Waals surface area (Å²) >= 11 is 0. The molecule has 2 nitrogen and oxygen atoms in total. The molecule has 64 valence electrons. The van der Waals surface area contributed by atoms with Crippen LogP contribution in [0.4, 0.5) is 0 Å². The van der Waals surface area contributed by atoms with Crippen molar-refractivity contribution in [3.63, 3.8) is 0 Å². The van der Waals surface area contributed by atoms with Crippen LogP contribution in [0.25, 0.3) is 0 Å². The summed E-state index contributed by atoms with van der Waals surface area (Å²) in [5.74, 6) is -2.03. The third kappa shape index (κ3) is 3.91. The smallest absolute Gasteiger partial charge is 0.140 e. The second-order valence-corrected chi connectivity index (χ2v) is 3.19. The average Bonchev–Trinajstić information content (AvgIpc) is 1.84. The number of carbonyl (C=O) groups excluding carboxylic acids is 2. The highest BCUT2D eigenvalue weighted by molar-refractivity contribution is 6.00. The Hall–Kier alpha value is -0.660. The van der Waals surface area contributed by atoms with Crippen LogP contribution in [0.5, 0.6) is 0 Å². The lowest BCUT2D eigenvalue weighted by Crippen LogP contribution is -2.21. The summed E-state index contributed by atoms with van der Waals surface area (Å²) < 4.78 is 7.66. The summed E-state index contributed by atoms with van der Waals surface area (Å²) in [4.78, 5) is 22.1. The summed E-state index contributed by atoms with van der Waals surface area (Å²) in [6.45, 7) is 6.40. The molecule has 0 aliphatic heterocycles. The van der Waals surface area contributed by atoms with Crippen molar-refractivity contribution in [2.45, 2.75) is 34.1 Å². The van der Waals surface area contributed by atoms with Gasteiger partial charge in [0, 0.05) is 1.37 Å². The quantitative estimate of drug-likeness (QED) is 0.583. The molecule has 0 saturated carbocycles. The van der Waals surface area contributed by atoms with E-state index in [0.29, 0.717) is 6.42 Å². The molecule has 0 saturated heterocycles. The minimum absolute atomic E-state index is 0.190. The van der Waals surface area contributed by atoms with Crippen LogP contribution in [-0.4, -0.2) is 11.6 Å². The molecule has 0 aliphatic rings. The predicted octanol–water partition coefficient (Wildman–Crippen LogP) is 1.83. The van der Waals surface area contributed by atoms with Gasteiger partial charge in [0.15, 0.2) is 0 Å². The molecule has 0 fully saturated rings. The van der Waals surface area contributed by atoms with Crippen molar-refractivity contribution in [1.29, 1.82) is 0 Å². The van der Waals surface area contributed by atoms with Crippen LogP contribution in [0.2, 0.25) is 0 Å². The Morgan fingerprint density at radius 1 is 1.27 bits per heavy atom. The molecule has 0 amide bonds. The number of Topliss-reactive ketones (excluding diaryl/α,β-unsaturated/α-hetero) is 2. The van der Waals surface area contributed by atoms with E-state index in [2.05, 4.69) is 0 Å². The Morgan fingerprint density at radius 3 is 1.73 bits per heavy atom. The lowest BCUT2D eigenvalue weighted by atomic mass is 9.91. The zero-order chi connectivity index (χ0) is 9.94. The topological polar surface area (TPSA) is 34.1 Å². The van der Waals surface area contributed by atoms with Crippen LogP contribution in [0.15, 0.2) is 0 Å². The van der Waals surface area contributed by atoms with Crippen LogP contribution >= 0.6 is 0 Å². The second-order valence-electron chi connectivity index (χ2n) is 3.19. The summed E-state index contributed by atoms with van der Waals surface area (Å²) in [6.07, 6.45) is 0.317. The van der Waals surface area contributed by atoms with Gasteiger partial charge in [0.2, 0.25) is 0 Å². The van der Waals surface area contributed by atoms with Crippen molar-refractivity contribution < 1.29 is 11.0 Å². The maximum Gasteiger partial charge on any atom is 0.140 e. The van der Waals surface area contributed by atoms with Gasteiger partial charge in [-0.25, -0.2) is 0 Å². The van der Waals surface area contributed by atoms with Gasteiger partial charge in [-0.3, -0.25) is 9.59 Å². The van der Waals surface area contributed by atoms with Gasteiger partial charge >= 0.3 is 0 Å².